The molecule has 2 aromatic rings. The Morgan fingerprint density at radius 2 is 2.05 bits per heavy atom. The lowest BCUT2D eigenvalue weighted by molar-refractivity contribution is 0.414. The van der Waals surface area contributed by atoms with Gasteiger partial charge >= 0.3 is 0 Å². The third-order valence-corrected chi connectivity index (χ3v) is 4.62. The number of hydrogen-bond acceptors (Lipinski definition) is 4. The molecule has 22 heavy (non-hydrogen) atoms. The van der Waals surface area contributed by atoms with E-state index < -0.39 is 0 Å². The fraction of sp³-hybridized carbons (Fsp3) is 0.133. The minimum atomic E-state index is -0.343. The highest BCUT2D eigenvalue weighted by Crippen LogP contribution is 2.35. The molecule has 1 aliphatic rings. The van der Waals surface area contributed by atoms with E-state index in [0.29, 0.717) is 0 Å². The summed E-state index contributed by atoms with van der Waals surface area (Å²) in [7, 11) is 3.20. The van der Waals surface area contributed by atoms with Gasteiger partial charge in [0.1, 0.15) is 5.56 Å². The van der Waals surface area contributed by atoms with Crippen molar-refractivity contribution in [1.82, 2.24) is 9.13 Å². The van der Waals surface area contributed by atoms with Gasteiger partial charge in [-0.3, -0.25) is 18.9 Å². The lowest BCUT2D eigenvalue weighted by atomic mass is 10.1. The van der Waals surface area contributed by atoms with Crippen molar-refractivity contribution < 1.29 is 5.11 Å². The molecule has 0 spiro atoms. The largest absolute Gasteiger partial charge is 0.494 e. The maximum atomic E-state index is 12.4. The molecule has 1 N–H and O–H groups in total. The van der Waals surface area contributed by atoms with Crippen molar-refractivity contribution in [3.8, 4) is 5.88 Å². The van der Waals surface area contributed by atoms with Gasteiger partial charge in [0, 0.05) is 35.9 Å². The lowest BCUT2D eigenvalue weighted by Crippen LogP contribution is -2.24. The fourth-order valence-corrected chi connectivity index (χ4v) is 2.85. The Morgan fingerprint density at radius 1 is 1.32 bits per heavy atom. The van der Waals surface area contributed by atoms with E-state index in [4.69, 9.17) is 12.2 Å². The van der Waals surface area contributed by atoms with Gasteiger partial charge in [0.25, 0.3) is 5.56 Å². The van der Waals surface area contributed by atoms with Crippen molar-refractivity contribution in [3.05, 3.63) is 48.9 Å². The smallest absolute Gasteiger partial charge is 0.265 e. The molecule has 0 bridgehead atoms. The Hall–Kier alpha value is -1.99. The Morgan fingerprint density at radius 3 is 2.77 bits per heavy atom. The fourth-order valence-electron chi connectivity index (χ4n) is 2.32. The van der Waals surface area contributed by atoms with Crippen LogP contribution < -0.4 is 5.56 Å². The van der Waals surface area contributed by atoms with Crippen molar-refractivity contribution in [3.63, 3.8) is 0 Å². The van der Waals surface area contributed by atoms with Gasteiger partial charge in [0.05, 0.1) is 5.69 Å². The summed E-state index contributed by atoms with van der Waals surface area (Å²) in [6.45, 7) is 0. The second-order valence-corrected chi connectivity index (χ2v) is 6.24. The Balaban J connectivity index is 2.26. The molecule has 0 amide bonds. The molecule has 112 valence electrons. The van der Waals surface area contributed by atoms with Gasteiger partial charge in [0.2, 0.25) is 5.88 Å². The first-order valence-corrected chi connectivity index (χ1v) is 7.65. The third kappa shape index (κ3) is 2.26. The van der Waals surface area contributed by atoms with Gasteiger partial charge in [-0.25, -0.2) is 0 Å². The van der Waals surface area contributed by atoms with E-state index in [1.54, 1.807) is 26.4 Å². The molecule has 0 unspecified atom stereocenters. The standard InChI is InChI=1S/C15H12BrN3O2S/c1-18-13(20)11(14(21)19(2)15(18)22)5-8-7-17-12-4-3-9(16)6-10(8)12/h3-7,20H,1-2H3. The summed E-state index contributed by atoms with van der Waals surface area (Å²) >= 11 is 8.53. The molecule has 0 fully saturated rings. The molecule has 2 heterocycles. The summed E-state index contributed by atoms with van der Waals surface area (Å²) < 4.78 is 3.91. The van der Waals surface area contributed by atoms with Crippen LogP contribution in [-0.2, 0) is 14.1 Å². The Bertz CT molecular complexity index is 970. The first-order chi connectivity index (χ1) is 10.4. The highest BCUT2D eigenvalue weighted by atomic mass is 79.9. The predicted octanol–water partition coefficient (Wildman–Crippen LogP) is 3.18. The second-order valence-electron chi connectivity index (χ2n) is 4.96. The summed E-state index contributed by atoms with van der Waals surface area (Å²) in [5, 5.41) is 10.2. The van der Waals surface area contributed by atoms with E-state index in [9.17, 15) is 9.90 Å². The quantitative estimate of drug-likeness (QED) is 0.776. The van der Waals surface area contributed by atoms with Gasteiger partial charge in [0.15, 0.2) is 4.77 Å². The van der Waals surface area contributed by atoms with Gasteiger partial charge in [-0.15, -0.1) is 0 Å². The average Bonchev–Trinajstić information content (AvgIpc) is 2.90. The molecule has 0 atom stereocenters. The number of rotatable bonds is 1. The third-order valence-electron chi connectivity index (χ3n) is 3.58. The SMILES string of the molecule is Cn1c(O)c(C=C2C=Nc3ccc(Br)cc32)c(=O)n(C)c1=S. The van der Waals surface area contributed by atoms with Crippen LogP contribution in [0.15, 0.2) is 32.5 Å². The van der Waals surface area contributed by atoms with Crippen molar-refractivity contribution in [2.45, 2.75) is 0 Å². The molecular formula is C15H12BrN3O2S. The Labute approximate surface area is 140 Å². The number of nitrogens with zero attached hydrogens (tertiary/aromatic N) is 3. The van der Waals surface area contributed by atoms with E-state index in [2.05, 4.69) is 20.9 Å². The zero-order chi connectivity index (χ0) is 16.0. The van der Waals surface area contributed by atoms with E-state index in [1.807, 2.05) is 18.2 Å². The van der Waals surface area contributed by atoms with Crippen molar-refractivity contribution in [2.24, 2.45) is 19.1 Å². The van der Waals surface area contributed by atoms with Crippen LogP contribution in [0.25, 0.3) is 11.6 Å². The molecule has 7 heteroatoms. The minimum Gasteiger partial charge on any atom is -0.494 e. The van der Waals surface area contributed by atoms with Gasteiger partial charge in [-0.2, -0.15) is 0 Å². The van der Waals surface area contributed by atoms with Crippen molar-refractivity contribution >= 4 is 51.7 Å². The van der Waals surface area contributed by atoms with Crippen LogP contribution in [0, 0.1) is 4.77 Å². The normalized spacial score (nSPS) is 14.6. The first-order valence-electron chi connectivity index (χ1n) is 6.45. The van der Waals surface area contributed by atoms with E-state index in [0.717, 1.165) is 21.3 Å². The number of aliphatic imine (C=N–C) groups is 1. The zero-order valence-corrected chi connectivity index (χ0v) is 14.3. The van der Waals surface area contributed by atoms with Crippen LogP contribution in [0.3, 0.4) is 0 Å². The number of benzene rings is 1. The molecule has 0 saturated carbocycles. The molecule has 0 saturated heterocycles. The molecule has 5 nitrogen and oxygen atoms in total. The summed E-state index contributed by atoms with van der Waals surface area (Å²) in [6.07, 6.45) is 3.31. The van der Waals surface area contributed by atoms with Crippen LogP contribution in [0.2, 0.25) is 0 Å². The highest BCUT2D eigenvalue weighted by Gasteiger charge is 2.16. The highest BCUT2D eigenvalue weighted by molar-refractivity contribution is 9.10. The van der Waals surface area contributed by atoms with Gasteiger partial charge in [-0.05, 0) is 36.5 Å². The molecule has 1 aromatic carbocycles. The number of allylic oxidation sites excluding steroid dienone is 1. The number of aromatic hydroxyl groups is 1. The molecule has 0 radical (unpaired) electrons. The zero-order valence-electron chi connectivity index (χ0n) is 11.9. The van der Waals surface area contributed by atoms with Gasteiger partial charge in [-0.1, -0.05) is 15.9 Å². The van der Waals surface area contributed by atoms with E-state index >= 15 is 0 Å². The molecule has 1 aliphatic heterocycles. The van der Waals surface area contributed by atoms with Crippen molar-refractivity contribution in [2.75, 3.05) is 0 Å². The predicted molar refractivity (Wildman–Crippen MR) is 93.3 cm³/mol. The van der Waals surface area contributed by atoms with Crippen LogP contribution in [-0.4, -0.2) is 20.5 Å². The molecule has 1 aromatic heterocycles. The molecule has 3 rings (SSSR count). The number of halogens is 1. The maximum absolute atomic E-state index is 12.4. The minimum absolute atomic E-state index is 0.155. The molecular weight excluding hydrogens is 366 g/mol. The molecule has 0 aliphatic carbocycles. The van der Waals surface area contributed by atoms with Crippen LogP contribution in [0.5, 0.6) is 5.88 Å². The number of aromatic nitrogens is 2. The lowest BCUT2D eigenvalue weighted by Gasteiger charge is -2.10. The van der Waals surface area contributed by atoms with Crippen molar-refractivity contribution in [1.29, 1.82) is 0 Å². The van der Waals surface area contributed by atoms with E-state index in [1.165, 1.54) is 9.13 Å². The summed E-state index contributed by atoms with van der Waals surface area (Å²) in [6, 6.07) is 5.72. The number of hydrogen-bond donors (Lipinski definition) is 1. The van der Waals surface area contributed by atoms with E-state index in [-0.39, 0.29) is 21.8 Å². The summed E-state index contributed by atoms with van der Waals surface area (Å²) in [4.78, 5) is 16.7. The summed E-state index contributed by atoms with van der Waals surface area (Å²) in [5.74, 6) is -0.155. The maximum Gasteiger partial charge on any atom is 0.265 e. The monoisotopic (exact) mass is 377 g/mol. The average molecular weight is 378 g/mol. The number of fused-ring (bicyclic) bond motifs is 1. The summed E-state index contributed by atoms with van der Waals surface area (Å²) in [5.41, 5.74) is 2.34. The van der Waals surface area contributed by atoms with Gasteiger partial charge < -0.3 is 5.11 Å². The second kappa shape index (κ2) is 5.33. The van der Waals surface area contributed by atoms with Crippen LogP contribution in [0.1, 0.15) is 11.1 Å². The van der Waals surface area contributed by atoms with Crippen LogP contribution in [0.4, 0.5) is 5.69 Å². The first kappa shape index (κ1) is 14.9. The topological polar surface area (TPSA) is 59.5 Å². The van der Waals surface area contributed by atoms with Crippen LogP contribution >= 0.6 is 28.1 Å². The Kier molecular flexibility index (Phi) is 3.62.